The Morgan fingerprint density at radius 3 is 2.42 bits per heavy atom. The van der Waals surface area contributed by atoms with Crippen molar-refractivity contribution in [2.24, 2.45) is 16.6 Å². The second-order valence-electron chi connectivity index (χ2n) is 9.93. The zero-order valence-electron chi connectivity index (χ0n) is 22.4. The van der Waals surface area contributed by atoms with Crippen molar-refractivity contribution in [2.75, 3.05) is 21.1 Å². The number of nitrogens with two attached hydrogens (primary N) is 1. The Kier molecular flexibility index (Phi) is 9.05. The predicted molar refractivity (Wildman–Crippen MR) is 145 cm³/mol. The van der Waals surface area contributed by atoms with Crippen molar-refractivity contribution in [3.05, 3.63) is 70.6 Å². The van der Waals surface area contributed by atoms with Crippen molar-refractivity contribution in [1.29, 1.82) is 10.8 Å². The number of fused-ring (bicyclic) bond motifs is 1. The summed E-state index contributed by atoms with van der Waals surface area (Å²) < 4.78 is 5.43. The topological polar surface area (TPSA) is 143 Å². The van der Waals surface area contributed by atoms with Gasteiger partial charge in [0.05, 0.1) is 11.4 Å². The zero-order chi connectivity index (χ0) is 27.2. The Hall–Kier alpha value is -4.08. The highest BCUT2D eigenvalue weighted by Gasteiger charge is 2.26. The van der Waals surface area contributed by atoms with Gasteiger partial charge < -0.3 is 31.4 Å². The van der Waals surface area contributed by atoms with E-state index in [4.69, 9.17) is 21.3 Å². The maximum atomic E-state index is 12.6. The van der Waals surface area contributed by atoms with Crippen LogP contribution in [0, 0.1) is 16.7 Å². The molecule has 6 N–H and O–H groups in total. The van der Waals surface area contributed by atoms with Crippen molar-refractivity contribution >= 4 is 24.0 Å². The van der Waals surface area contributed by atoms with Gasteiger partial charge in [-0.3, -0.25) is 10.3 Å². The molecule has 2 heterocycles. The van der Waals surface area contributed by atoms with Gasteiger partial charge in [-0.25, -0.2) is 9.79 Å². The second kappa shape index (κ2) is 11.6. The molecule has 1 amide bonds. The lowest BCUT2D eigenvalue weighted by Gasteiger charge is -2.28. The van der Waals surface area contributed by atoms with Crippen LogP contribution in [0.15, 0.2) is 75.6 Å². The molecule has 0 unspecified atom stereocenters. The molecule has 36 heavy (non-hydrogen) atoms. The standard InChI is InChI=1S/C26H38N8O2/c1-16(2)17(13-27)12-22(28)32-23-10-9-20-21(31-23)11-18(14-30-20)19(15-33(6)7)24(29)34(8)25(35)36-26(3,4)5/h9-16,27,29-31H,1-8H3,(H2,28,32)/b17-12?,19-15-,27-13?,29-24?. The summed E-state index contributed by atoms with van der Waals surface area (Å²) in [6.45, 7) is 9.32. The van der Waals surface area contributed by atoms with E-state index >= 15 is 0 Å². The molecule has 194 valence electrons. The van der Waals surface area contributed by atoms with Crippen LogP contribution in [0.5, 0.6) is 0 Å². The fourth-order valence-corrected chi connectivity index (χ4v) is 3.16. The van der Waals surface area contributed by atoms with Crippen LogP contribution < -0.4 is 16.4 Å². The Bertz CT molecular complexity index is 1130. The molecule has 0 aromatic heterocycles. The van der Waals surface area contributed by atoms with Gasteiger partial charge in [0.2, 0.25) is 0 Å². The first kappa shape index (κ1) is 28.2. The van der Waals surface area contributed by atoms with E-state index in [-0.39, 0.29) is 17.6 Å². The van der Waals surface area contributed by atoms with E-state index in [0.29, 0.717) is 17.0 Å². The molecular weight excluding hydrogens is 456 g/mol. The molecule has 0 aromatic rings. The van der Waals surface area contributed by atoms with Crippen molar-refractivity contribution in [3.8, 4) is 0 Å². The molecule has 10 heteroatoms. The molecule has 2 rings (SSSR count). The van der Waals surface area contributed by atoms with Gasteiger partial charge in [0, 0.05) is 50.9 Å². The number of hydrogen-bond donors (Lipinski definition) is 5. The maximum Gasteiger partial charge on any atom is 0.415 e. The van der Waals surface area contributed by atoms with Crippen LogP contribution in [-0.2, 0) is 4.74 Å². The summed E-state index contributed by atoms with van der Waals surface area (Å²) in [6.07, 6.45) is 11.5. The summed E-state index contributed by atoms with van der Waals surface area (Å²) >= 11 is 0. The lowest BCUT2D eigenvalue weighted by atomic mass is 10.0. The summed E-state index contributed by atoms with van der Waals surface area (Å²) in [4.78, 5) is 20.0. The number of allylic oxidation sites excluding steroid dienone is 4. The second-order valence-corrected chi connectivity index (χ2v) is 9.93. The molecule has 2 aliphatic heterocycles. The summed E-state index contributed by atoms with van der Waals surface area (Å²) in [5.41, 5.74) is 8.96. The van der Waals surface area contributed by atoms with E-state index in [2.05, 4.69) is 15.6 Å². The number of aliphatic imine (C=N–C) groups is 1. The van der Waals surface area contributed by atoms with Gasteiger partial charge in [-0.05, 0) is 56.6 Å². The predicted octanol–water partition coefficient (Wildman–Crippen LogP) is 3.56. The molecule has 0 bridgehead atoms. The highest BCUT2D eigenvalue weighted by Crippen LogP contribution is 2.25. The van der Waals surface area contributed by atoms with Crippen molar-refractivity contribution < 1.29 is 9.53 Å². The molecule has 0 fully saturated rings. The number of carbonyl (C=O) groups excluding carboxylic acids is 1. The largest absolute Gasteiger partial charge is 0.443 e. The van der Waals surface area contributed by atoms with Gasteiger partial charge in [0.15, 0.2) is 0 Å². The first-order valence-corrected chi connectivity index (χ1v) is 11.6. The van der Waals surface area contributed by atoms with Crippen LogP contribution in [0.4, 0.5) is 4.79 Å². The molecule has 0 aliphatic carbocycles. The molecular formula is C26H38N8O2. The number of ether oxygens (including phenoxy) is 1. The number of nitrogens with zero attached hydrogens (tertiary/aromatic N) is 3. The van der Waals surface area contributed by atoms with Crippen molar-refractivity contribution in [2.45, 2.75) is 40.2 Å². The average molecular weight is 495 g/mol. The zero-order valence-corrected chi connectivity index (χ0v) is 22.4. The van der Waals surface area contributed by atoms with Crippen LogP contribution in [-0.4, -0.2) is 60.5 Å². The maximum absolute atomic E-state index is 12.6. The smallest absolute Gasteiger partial charge is 0.415 e. The van der Waals surface area contributed by atoms with Gasteiger partial charge in [-0.2, -0.15) is 0 Å². The first-order chi connectivity index (χ1) is 16.7. The van der Waals surface area contributed by atoms with Gasteiger partial charge in [-0.1, -0.05) is 13.8 Å². The Morgan fingerprint density at radius 2 is 1.86 bits per heavy atom. The van der Waals surface area contributed by atoms with Crippen LogP contribution in [0.2, 0.25) is 0 Å². The minimum Gasteiger partial charge on any atom is -0.443 e. The van der Waals surface area contributed by atoms with Gasteiger partial charge in [0.25, 0.3) is 0 Å². The van der Waals surface area contributed by atoms with E-state index in [0.717, 1.165) is 17.0 Å². The number of carbonyl (C=O) groups is 1. The number of hydrogen-bond acceptors (Lipinski definition) is 8. The van der Waals surface area contributed by atoms with Gasteiger partial charge in [0.1, 0.15) is 23.1 Å². The lowest BCUT2D eigenvalue weighted by Crippen LogP contribution is -2.39. The monoisotopic (exact) mass is 494 g/mol. The highest BCUT2D eigenvalue weighted by molar-refractivity contribution is 6.07. The fraction of sp³-hybridized carbons (Fsp3) is 0.385. The minimum absolute atomic E-state index is 0.0119. The molecule has 0 aromatic carbocycles. The van der Waals surface area contributed by atoms with E-state index in [1.165, 1.54) is 18.2 Å². The minimum atomic E-state index is -0.675. The first-order valence-electron chi connectivity index (χ1n) is 11.6. The van der Waals surface area contributed by atoms with E-state index in [9.17, 15) is 4.79 Å². The third-order valence-corrected chi connectivity index (χ3v) is 5.00. The van der Waals surface area contributed by atoms with E-state index < -0.39 is 11.7 Å². The number of amidine groups is 2. The molecule has 2 aliphatic rings. The Morgan fingerprint density at radius 1 is 1.19 bits per heavy atom. The van der Waals surface area contributed by atoms with E-state index in [1.807, 2.05) is 45.0 Å². The van der Waals surface area contributed by atoms with Crippen LogP contribution in [0.25, 0.3) is 0 Å². The number of rotatable bonds is 7. The van der Waals surface area contributed by atoms with Gasteiger partial charge >= 0.3 is 6.09 Å². The number of nitrogens with one attached hydrogen (secondary N) is 4. The normalized spacial score (nSPS) is 16.4. The number of amides is 1. The Balaban J connectivity index is 2.32. The van der Waals surface area contributed by atoms with Crippen LogP contribution >= 0.6 is 0 Å². The summed E-state index contributed by atoms with van der Waals surface area (Å²) in [5, 5.41) is 22.7. The third-order valence-electron chi connectivity index (χ3n) is 5.00. The third kappa shape index (κ3) is 7.72. The molecule has 0 radical (unpaired) electrons. The summed E-state index contributed by atoms with van der Waals surface area (Å²) in [7, 11) is 5.21. The van der Waals surface area contributed by atoms with Crippen molar-refractivity contribution in [1.82, 2.24) is 20.4 Å². The summed E-state index contributed by atoms with van der Waals surface area (Å²) in [6, 6.07) is 0. The lowest BCUT2D eigenvalue weighted by molar-refractivity contribution is 0.0401. The number of dihydropyridines is 2. The molecule has 0 spiro atoms. The number of likely N-dealkylation sites (N-methyl/N-ethyl adjacent to an activating group) is 1. The van der Waals surface area contributed by atoms with Crippen molar-refractivity contribution in [3.63, 3.8) is 0 Å². The fourth-order valence-electron chi connectivity index (χ4n) is 3.16. The average Bonchev–Trinajstić information content (AvgIpc) is 2.78. The van der Waals surface area contributed by atoms with Crippen LogP contribution in [0.3, 0.4) is 0 Å². The van der Waals surface area contributed by atoms with Crippen LogP contribution in [0.1, 0.15) is 34.6 Å². The SMILES string of the molecule is CC(C)C(C=N)=CC(N)=NC1=CC=C2NC=C(/C(=C/N(C)C)C(=N)N(C)C(=O)OC(C)(C)C)C=C2N1. The molecule has 10 nitrogen and oxygen atoms in total. The summed E-state index contributed by atoms with van der Waals surface area (Å²) in [5.74, 6) is 0.966. The molecule has 0 saturated heterocycles. The highest BCUT2D eigenvalue weighted by atomic mass is 16.6. The van der Waals surface area contributed by atoms with E-state index in [1.54, 1.807) is 45.3 Å². The molecule has 0 atom stereocenters. The quantitative estimate of drug-likeness (QED) is 0.270. The Labute approximate surface area is 213 Å². The van der Waals surface area contributed by atoms with Gasteiger partial charge in [-0.15, -0.1) is 0 Å². The molecule has 0 saturated carbocycles.